The first-order valence-corrected chi connectivity index (χ1v) is 8.76. The zero-order valence-corrected chi connectivity index (χ0v) is 12.9. The van der Waals surface area contributed by atoms with Crippen LogP contribution in [0.3, 0.4) is 0 Å². The van der Waals surface area contributed by atoms with Crippen LogP contribution in [0.15, 0.2) is 18.2 Å². The van der Waals surface area contributed by atoms with Crippen molar-refractivity contribution in [3.8, 4) is 0 Å². The van der Waals surface area contributed by atoms with Crippen LogP contribution in [0.25, 0.3) is 0 Å². The SMILES string of the molecule is O=C([C@@H]1C[C@H]1c1ccc(Cl)c(Cl)c1)N1CCCS1(=O)=O. The number of amides is 1. The normalized spacial score (nSPS) is 27.6. The van der Waals surface area contributed by atoms with Crippen molar-refractivity contribution in [1.29, 1.82) is 0 Å². The quantitative estimate of drug-likeness (QED) is 0.836. The summed E-state index contributed by atoms with van der Waals surface area (Å²) in [6, 6.07) is 5.29. The topological polar surface area (TPSA) is 54.5 Å². The van der Waals surface area contributed by atoms with Crippen LogP contribution in [0.5, 0.6) is 0 Å². The number of carbonyl (C=O) groups is 1. The lowest BCUT2D eigenvalue weighted by atomic mass is 10.1. The molecule has 1 aromatic carbocycles. The molecule has 2 aliphatic rings. The van der Waals surface area contributed by atoms with Crippen molar-refractivity contribution in [3.63, 3.8) is 0 Å². The van der Waals surface area contributed by atoms with E-state index in [0.29, 0.717) is 29.4 Å². The van der Waals surface area contributed by atoms with Gasteiger partial charge in [0.25, 0.3) is 0 Å². The molecular weight excluding hydrogens is 321 g/mol. The van der Waals surface area contributed by atoms with E-state index < -0.39 is 10.0 Å². The smallest absolute Gasteiger partial charge is 0.239 e. The Labute approximate surface area is 127 Å². The van der Waals surface area contributed by atoms with E-state index in [9.17, 15) is 13.2 Å². The Morgan fingerprint density at radius 3 is 2.60 bits per heavy atom. The van der Waals surface area contributed by atoms with Crippen molar-refractivity contribution in [2.24, 2.45) is 5.92 Å². The average Bonchev–Trinajstić information content (AvgIpc) is 3.10. The number of benzene rings is 1. The molecule has 1 amide bonds. The van der Waals surface area contributed by atoms with E-state index in [2.05, 4.69) is 0 Å². The number of sulfonamides is 1. The maximum atomic E-state index is 12.2. The number of rotatable bonds is 2. The Kier molecular flexibility index (Phi) is 3.47. The zero-order chi connectivity index (χ0) is 14.5. The molecule has 0 aromatic heterocycles. The molecule has 0 radical (unpaired) electrons. The van der Waals surface area contributed by atoms with Gasteiger partial charge in [0.15, 0.2) is 0 Å². The summed E-state index contributed by atoms with van der Waals surface area (Å²) >= 11 is 11.8. The van der Waals surface area contributed by atoms with Crippen LogP contribution in [-0.2, 0) is 14.8 Å². The fourth-order valence-electron chi connectivity index (χ4n) is 2.65. The molecule has 0 N–H and O–H groups in total. The number of hydrogen-bond donors (Lipinski definition) is 0. The number of hydrogen-bond acceptors (Lipinski definition) is 3. The van der Waals surface area contributed by atoms with Gasteiger partial charge in [-0.3, -0.25) is 4.79 Å². The highest BCUT2D eigenvalue weighted by Gasteiger charge is 2.49. The summed E-state index contributed by atoms with van der Waals surface area (Å²) in [4.78, 5) is 12.2. The van der Waals surface area contributed by atoms with Gasteiger partial charge in [0.05, 0.1) is 15.8 Å². The molecule has 1 saturated heterocycles. The van der Waals surface area contributed by atoms with Crippen molar-refractivity contribution in [1.82, 2.24) is 4.31 Å². The fraction of sp³-hybridized carbons (Fsp3) is 0.462. The molecule has 1 saturated carbocycles. The third kappa shape index (κ3) is 2.43. The minimum atomic E-state index is -3.38. The van der Waals surface area contributed by atoms with E-state index in [0.717, 1.165) is 9.87 Å². The Bertz CT molecular complexity index is 674. The van der Waals surface area contributed by atoms with Gasteiger partial charge in [0.1, 0.15) is 0 Å². The predicted molar refractivity (Wildman–Crippen MR) is 77.4 cm³/mol. The molecule has 7 heteroatoms. The highest BCUT2D eigenvalue weighted by atomic mass is 35.5. The molecule has 3 rings (SSSR count). The number of nitrogens with zero attached hydrogens (tertiary/aromatic N) is 1. The van der Waals surface area contributed by atoms with Crippen LogP contribution >= 0.6 is 23.2 Å². The largest absolute Gasteiger partial charge is 0.273 e. The van der Waals surface area contributed by atoms with E-state index in [4.69, 9.17) is 23.2 Å². The van der Waals surface area contributed by atoms with E-state index in [1.807, 2.05) is 6.07 Å². The first kappa shape index (κ1) is 14.2. The number of halogens is 2. The van der Waals surface area contributed by atoms with Crippen molar-refractivity contribution in [2.75, 3.05) is 12.3 Å². The second-order valence-electron chi connectivity index (χ2n) is 5.20. The maximum Gasteiger partial charge on any atom is 0.239 e. The molecule has 108 valence electrons. The monoisotopic (exact) mass is 333 g/mol. The summed E-state index contributed by atoms with van der Waals surface area (Å²) in [6.07, 6.45) is 1.20. The molecule has 20 heavy (non-hydrogen) atoms. The lowest BCUT2D eigenvalue weighted by molar-refractivity contribution is -0.127. The Morgan fingerprint density at radius 2 is 2.00 bits per heavy atom. The molecule has 0 spiro atoms. The summed E-state index contributed by atoms with van der Waals surface area (Å²) in [5, 5.41) is 0.928. The third-order valence-corrected chi connectivity index (χ3v) is 6.40. The van der Waals surface area contributed by atoms with Crippen molar-refractivity contribution in [3.05, 3.63) is 33.8 Å². The van der Waals surface area contributed by atoms with E-state index >= 15 is 0 Å². The van der Waals surface area contributed by atoms with Crippen LogP contribution in [0.4, 0.5) is 0 Å². The molecule has 1 aliphatic heterocycles. The highest BCUT2D eigenvalue weighted by molar-refractivity contribution is 7.89. The second kappa shape index (κ2) is 4.90. The molecule has 1 aliphatic carbocycles. The predicted octanol–water partition coefficient (Wildman–Crippen LogP) is 2.66. The van der Waals surface area contributed by atoms with E-state index in [1.165, 1.54) is 0 Å². The fourth-order valence-corrected chi connectivity index (χ4v) is 4.49. The van der Waals surface area contributed by atoms with Gasteiger partial charge in [-0.25, -0.2) is 12.7 Å². The van der Waals surface area contributed by atoms with Gasteiger partial charge in [0, 0.05) is 12.5 Å². The molecule has 4 nitrogen and oxygen atoms in total. The van der Waals surface area contributed by atoms with Crippen LogP contribution in [0.1, 0.15) is 24.3 Å². The maximum absolute atomic E-state index is 12.2. The Hall–Kier alpha value is -0.780. The zero-order valence-electron chi connectivity index (χ0n) is 10.6. The van der Waals surface area contributed by atoms with Crippen molar-refractivity contribution < 1.29 is 13.2 Å². The van der Waals surface area contributed by atoms with Gasteiger partial charge in [-0.1, -0.05) is 29.3 Å². The molecule has 2 fully saturated rings. The average molecular weight is 334 g/mol. The van der Waals surface area contributed by atoms with Gasteiger partial charge >= 0.3 is 0 Å². The first-order chi connectivity index (χ1) is 9.40. The number of carbonyl (C=O) groups excluding carboxylic acids is 1. The molecule has 1 heterocycles. The standard InChI is InChI=1S/C13H13Cl2NO3S/c14-11-3-2-8(6-12(11)15)9-7-10(9)13(17)16-4-1-5-20(16,18)19/h2-3,6,9-10H,1,4-5,7H2/t9-,10+/m0/s1. The minimum Gasteiger partial charge on any atom is -0.273 e. The van der Waals surface area contributed by atoms with Crippen LogP contribution in [0.2, 0.25) is 10.0 Å². The van der Waals surface area contributed by atoms with Crippen molar-refractivity contribution >= 4 is 39.1 Å². The second-order valence-corrected chi connectivity index (χ2v) is 8.03. The van der Waals surface area contributed by atoms with Crippen LogP contribution in [-0.4, -0.2) is 30.9 Å². The Morgan fingerprint density at radius 1 is 1.25 bits per heavy atom. The van der Waals surface area contributed by atoms with E-state index in [-0.39, 0.29) is 23.5 Å². The van der Waals surface area contributed by atoms with Gasteiger partial charge < -0.3 is 0 Å². The Balaban J connectivity index is 1.76. The summed E-state index contributed by atoms with van der Waals surface area (Å²) in [6.45, 7) is 0.311. The first-order valence-electron chi connectivity index (χ1n) is 6.39. The third-order valence-electron chi connectivity index (χ3n) is 3.82. The van der Waals surface area contributed by atoms with Gasteiger partial charge in [-0.2, -0.15) is 0 Å². The summed E-state index contributed by atoms with van der Waals surface area (Å²) in [5.74, 6) is -0.408. The molecule has 1 aromatic rings. The van der Waals surface area contributed by atoms with Gasteiger partial charge in [-0.05, 0) is 36.5 Å². The molecular formula is C13H13Cl2NO3S. The van der Waals surface area contributed by atoms with Crippen LogP contribution in [0, 0.1) is 5.92 Å². The highest BCUT2D eigenvalue weighted by Crippen LogP contribution is 2.49. The molecule has 0 bridgehead atoms. The van der Waals surface area contributed by atoms with Crippen LogP contribution < -0.4 is 0 Å². The summed E-state index contributed by atoms with van der Waals surface area (Å²) in [5.41, 5.74) is 0.939. The van der Waals surface area contributed by atoms with Gasteiger partial charge in [0.2, 0.25) is 15.9 Å². The molecule has 0 unspecified atom stereocenters. The summed E-state index contributed by atoms with van der Waals surface area (Å²) in [7, 11) is -3.38. The van der Waals surface area contributed by atoms with Crippen molar-refractivity contribution in [2.45, 2.75) is 18.8 Å². The molecule has 2 atom stereocenters. The minimum absolute atomic E-state index is 0.0491. The lowest BCUT2D eigenvalue weighted by Gasteiger charge is -2.14. The van der Waals surface area contributed by atoms with E-state index in [1.54, 1.807) is 12.1 Å². The summed E-state index contributed by atoms with van der Waals surface area (Å²) < 4.78 is 24.5. The lowest BCUT2D eigenvalue weighted by Crippen LogP contribution is -2.34. The van der Waals surface area contributed by atoms with Gasteiger partial charge in [-0.15, -0.1) is 0 Å².